The molecule has 0 bridgehead atoms. The predicted octanol–water partition coefficient (Wildman–Crippen LogP) is 4.24. The number of carbonyl (C=O) groups is 2. The molecule has 0 aromatic heterocycles. The fraction of sp³-hybridized carbons (Fsp3) is 0.692. The largest absolute Gasteiger partial charge is 0.453 e. The first kappa shape index (κ1) is 29.4. The number of halogens is 3. The molecular formula is C26H39ClF2N4O4. The third-order valence-electron chi connectivity index (χ3n) is 7.11. The first-order valence-electron chi connectivity index (χ1n) is 13.0. The average molecular weight is 545 g/mol. The quantitative estimate of drug-likeness (QED) is 0.362. The van der Waals surface area contributed by atoms with Crippen LogP contribution in [-0.2, 0) is 9.47 Å². The van der Waals surface area contributed by atoms with Gasteiger partial charge in [-0.05, 0) is 62.8 Å². The van der Waals surface area contributed by atoms with Crippen molar-refractivity contribution in [3.05, 3.63) is 34.9 Å². The van der Waals surface area contributed by atoms with Crippen molar-refractivity contribution in [1.29, 1.82) is 0 Å². The zero-order valence-corrected chi connectivity index (χ0v) is 22.3. The van der Waals surface area contributed by atoms with Gasteiger partial charge in [0.1, 0.15) is 12.3 Å². The molecule has 3 amide bonds. The smallest absolute Gasteiger partial charge is 0.406 e. The number of piperidine rings is 1. The number of hydrogen-bond donors (Lipinski definition) is 3. The number of hydrogen-bond acceptors (Lipinski definition) is 5. The van der Waals surface area contributed by atoms with Gasteiger partial charge in [-0.3, -0.25) is 0 Å². The monoisotopic (exact) mass is 544 g/mol. The standard InChI is InChI=1S/C26H39ClF2N4O4/c1-30-15-21(11-17-12-22(28)23(29)13-17)32-25(34)33-9-4-6-19(16-33)24(18-5-3-7-20(27)14-18)37-10-8-31-26(35)36-2/h3,5,7,14,17,19,21-24,30H,4,6,8-13,15-16H2,1-2H3,(H,31,35)(H,32,34)/t17?,19-,21+,22-,23+,24+/m1/s1. The fourth-order valence-corrected chi connectivity index (χ4v) is 5.57. The van der Waals surface area contributed by atoms with Gasteiger partial charge in [-0.2, -0.15) is 0 Å². The summed E-state index contributed by atoms with van der Waals surface area (Å²) in [6.45, 7) is 2.18. The maximum Gasteiger partial charge on any atom is 0.406 e. The minimum Gasteiger partial charge on any atom is -0.453 e. The molecule has 0 spiro atoms. The van der Waals surface area contributed by atoms with Gasteiger partial charge in [0.25, 0.3) is 0 Å². The Bertz CT molecular complexity index is 873. The van der Waals surface area contributed by atoms with E-state index in [9.17, 15) is 18.4 Å². The number of amides is 3. The Balaban J connectivity index is 1.62. The van der Waals surface area contributed by atoms with Gasteiger partial charge in [-0.1, -0.05) is 23.7 Å². The van der Waals surface area contributed by atoms with Gasteiger partial charge in [-0.25, -0.2) is 18.4 Å². The summed E-state index contributed by atoms with van der Waals surface area (Å²) in [5, 5.41) is 9.36. The summed E-state index contributed by atoms with van der Waals surface area (Å²) in [5.41, 5.74) is 0.911. The molecule has 2 aliphatic rings. The molecule has 2 fully saturated rings. The second kappa shape index (κ2) is 14.7. The highest BCUT2D eigenvalue weighted by atomic mass is 35.5. The zero-order valence-electron chi connectivity index (χ0n) is 21.6. The van der Waals surface area contributed by atoms with Crippen LogP contribution in [0.5, 0.6) is 0 Å². The van der Waals surface area contributed by atoms with E-state index >= 15 is 0 Å². The van der Waals surface area contributed by atoms with Gasteiger partial charge in [0, 0.05) is 43.2 Å². The summed E-state index contributed by atoms with van der Waals surface area (Å²) in [6, 6.07) is 7.07. The molecule has 8 nitrogen and oxygen atoms in total. The van der Waals surface area contributed by atoms with E-state index < -0.39 is 18.4 Å². The second-order valence-corrected chi connectivity index (χ2v) is 10.4. The van der Waals surface area contributed by atoms with E-state index in [2.05, 4.69) is 20.7 Å². The Kier molecular flexibility index (Phi) is 11.7. The molecule has 11 heteroatoms. The molecule has 3 N–H and O–H groups in total. The minimum atomic E-state index is -1.41. The highest BCUT2D eigenvalue weighted by Gasteiger charge is 2.36. The first-order chi connectivity index (χ1) is 17.8. The molecule has 0 radical (unpaired) electrons. The number of methoxy groups -OCH3 is 1. The third kappa shape index (κ3) is 8.97. The van der Waals surface area contributed by atoms with Crippen LogP contribution >= 0.6 is 11.6 Å². The number of rotatable bonds is 11. The van der Waals surface area contributed by atoms with E-state index in [0.717, 1.165) is 18.4 Å². The van der Waals surface area contributed by atoms with Gasteiger partial charge in [0.15, 0.2) is 0 Å². The van der Waals surface area contributed by atoms with Crippen molar-refractivity contribution in [1.82, 2.24) is 20.9 Å². The minimum absolute atomic E-state index is 0.0215. The van der Waals surface area contributed by atoms with Crippen LogP contribution in [0.2, 0.25) is 5.02 Å². The van der Waals surface area contributed by atoms with Gasteiger partial charge in [0.2, 0.25) is 0 Å². The van der Waals surface area contributed by atoms with Crippen molar-refractivity contribution < 1.29 is 27.8 Å². The molecule has 6 atom stereocenters. The third-order valence-corrected chi connectivity index (χ3v) is 7.35. The lowest BCUT2D eigenvalue weighted by molar-refractivity contribution is -0.00864. The Hall–Kier alpha value is -2.17. The molecular weight excluding hydrogens is 506 g/mol. The number of likely N-dealkylation sites (N-methyl/N-ethyl adjacent to an activating group) is 1. The van der Waals surface area contributed by atoms with Crippen molar-refractivity contribution in [2.75, 3.05) is 46.9 Å². The summed E-state index contributed by atoms with van der Waals surface area (Å²) in [6.07, 6.45) is -1.06. The Labute approximate surface area is 222 Å². The van der Waals surface area contributed by atoms with E-state index in [1.807, 2.05) is 18.2 Å². The fourth-order valence-electron chi connectivity index (χ4n) is 5.37. The number of benzene rings is 1. The summed E-state index contributed by atoms with van der Waals surface area (Å²) >= 11 is 6.25. The van der Waals surface area contributed by atoms with Crippen LogP contribution in [0.4, 0.5) is 18.4 Å². The maximum atomic E-state index is 13.7. The Morgan fingerprint density at radius 3 is 2.68 bits per heavy atom. The Morgan fingerprint density at radius 2 is 2.00 bits per heavy atom. The maximum absolute atomic E-state index is 13.7. The lowest BCUT2D eigenvalue weighted by Crippen LogP contribution is -2.51. The molecule has 1 saturated carbocycles. The number of nitrogens with one attached hydrogen (secondary N) is 3. The number of alkyl carbamates (subject to hydrolysis) is 1. The lowest BCUT2D eigenvalue weighted by atomic mass is 9.88. The molecule has 37 heavy (non-hydrogen) atoms. The second-order valence-electron chi connectivity index (χ2n) is 9.92. The molecule has 3 rings (SSSR count). The average Bonchev–Trinajstić information content (AvgIpc) is 3.20. The molecule has 1 heterocycles. The molecule has 1 aliphatic carbocycles. The summed E-state index contributed by atoms with van der Waals surface area (Å²) in [4.78, 5) is 26.4. The van der Waals surface area contributed by atoms with Gasteiger partial charge in [-0.15, -0.1) is 0 Å². The number of alkyl halides is 2. The highest BCUT2D eigenvalue weighted by Crippen LogP contribution is 2.35. The van der Waals surface area contributed by atoms with Gasteiger partial charge < -0.3 is 30.3 Å². The van der Waals surface area contributed by atoms with Crippen LogP contribution in [0.25, 0.3) is 0 Å². The van der Waals surface area contributed by atoms with Crippen LogP contribution in [0.1, 0.15) is 43.8 Å². The van der Waals surface area contributed by atoms with Crippen LogP contribution in [0.15, 0.2) is 24.3 Å². The van der Waals surface area contributed by atoms with Gasteiger partial charge in [0.05, 0.1) is 19.8 Å². The van der Waals surface area contributed by atoms with Crippen molar-refractivity contribution in [3.8, 4) is 0 Å². The van der Waals surface area contributed by atoms with Gasteiger partial charge >= 0.3 is 12.1 Å². The zero-order chi connectivity index (χ0) is 26.8. The molecule has 1 unspecified atom stereocenters. The number of nitrogens with zero attached hydrogens (tertiary/aromatic N) is 1. The van der Waals surface area contributed by atoms with E-state index in [1.165, 1.54) is 7.11 Å². The summed E-state index contributed by atoms with van der Waals surface area (Å²) in [7, 11) is 3.10. The molecule has 1 aromatic carbocycles. The van der Waals surface area contributed by atoms with Crippen LogP contribution < -0.4 is 16.0 Å². The van der Waals surface area contributed by atoms with E-state index in [0.29, 0.717) is 31.1 Å². The predicted molar refractivity (Wildman–Crippen MR) is 138 cm³/mol. The molecule has 1 aliphatic heterocycles. The van der Waals surface area contributed by atoms with Crippen LogP contribution in [0.3, 0.4) is 0 Å². The lowest BCUT2D eigenvalue weighted by Gasteiger charge is -2.38. The SMILES string of the molecule is CNC[C@H](CC1C[C@@H](F)[C@@H](F)C1)NC(=O)N1CCC[C@@H]([C@@H](OCCNC(=O)OC)c2cccc(Cl)c2)C1. The first-order valence-corrected chi connectivity index (χ1v) is 13.4. The number of ether oxygens (including phenoxy) is 2. The van der Waals surface area contributed by atoms with Crippen LogP contribution in [0, 0.1) is 11.8 Å². The van der Waals surface area contributed by atoms with Crippen molar-refractivity contribution in [2.24, 2.45) is 11.8 Å². The van der Waals surface area contributed by atoms with E-state index in [4.69, 9.17) is 16.3 Å². The normalized spacial score (nSPS) is 25.4. The molecule has 208 valence electrons. The summed E-state index contributed by atoms with van der Waals surface area (Å²) in [5.74, 6) is -0.0646. The van der Waals surface area contributed by atoms with Crippen LogP contribution in [-0.4, -0.2) is 82.4 Å². The van der Waals surface area contributed by atoms with E-state index in [-0.39, 0.29) is 56.0 Å². The molecule has 1 saturated heterocycles. The number of urea groups is 1. The molecule has 1 aromatic rings. The highest BCUT2D eigenvalue weighted by molar-refractivity contribution is 6.30. The van der Waals surface area contributed by atoms with Crippen molar-refractivity contribution >= 4 is 23.7 Å². The Morgan fingerprint density at radius 1 is 1.24 bits per heavy atom. The van der Waals surface area contributed by atoms with Crippen molar-refractivity contribution in [2.45, 2.75) is 56.6 Å². The van der Waals surface area contributed by atoms with E-state index in [1.54, 1.807) is 18.0 Å². The number of likely N-dealkylation sites (tertiary alicyclic amines) is 1. The number of carbonyl (C=O) groups excluding carboxylic acids is 2. The van der Waals surface area contributed by atoms with Crippen molar-refractivity contribution in [3.63, 3.8) is 0 Å². The summed E-state index contributed by atoms with van der Waals surface area (Å²) < 4.78 is 38.2. The topological polar surface area (TPSA) is 91.9 Å².